The van der Waals surface area contributed by atoms with Crippen LogP contribution in [0, 0.1) is 0 Å². The van der Waals surface area contributed by atoms with E-state index in [2.05, 4.69) is 11.8 Å². The summed E-state index contributed by atoms with van der Waals surface area (Å²) in [7, 11) is 0. The summed E-state index contributed by atoms with van der Waals surface area (Å²) < 4.78 is 0. The number of unbranched alkanes of at least 4 members (excludes halogenated alkanes) is 3. The van der Waals surface area contributed by atoms with Crippen molar-refractivity contribution < 1.29 is 4.84 Å². The summed E-state index contributed by atoms with van der Waals surface area (Å²) in [5, 5.41) is 0. The van der Waals surface area contributed by atoms with Crippen LogP contribution in [-0.4, -0.2) is 6.23 Å². The molecule has 0 heterocycles. The van der Waals surface area contributed by atoms with Crippen molar-refractivity contribution in [2.45, 2.75) is 45.3 Å². The van der Waals surface area contributed by atoms with Crippen molar-refractivity contribution in [1.82, 2.24) is 0 Å². The maximum atomic E-state index is 5.41. The van der Waals surface area contributed by atoms with E-state index in [1.54, 1.807) is 0 Å². The molecule has 3 heteroatoms. The van der Waals surface area contributed by atoms with Crippen LogP contribution in [0.15, 0.2) is 0 Å². The summed E-state index contributed by atoms with van der Waals surface area (Å²) in [6.45, 7) is 2.18. The van der Waals surface area contributed by atoms with Crippen molar-refractivity contribution in [3.8, 4) is 0 Å². The molecule has 62 valence electrons. The molecule has 0 aliphatic heterocycles. The molecule has 0 saturated carbocycles. The minimum Gasteiger partial charge on any atom is -0.304 e. The molecule has 0 rings (SSSR count). The molecule has 4 N–H and O–H groups in total. The molecule has 0 aromatic carbocycles. The number of hydrogen-bond donors (Lipinski definition) is 2. The minimum atomic E-state index is -0.267. The highest BCUT2D eigenvalue weighted by molar-refractivity contribution is 4.47. The molecule has 10 heavy (non-hydrogen) atoms. The Labute approximate surface area is 62.7 Å². The molecule has 0 aromatic rings. The first-order chi connectivity index (χ1) is 4.81. The molecular weight excluding hydrogens is 128 g/mol. The van der Waals surface area contributed by atoms with Crippen LogP contribution in [0.3, 0.4) is 0 Å². The van der Waals surface area contributed by atoms with Gasteiger partial charge in [0.1, 0.15) is 6.23 Å². The molecule has 0 amide bonds. The van der Waals surface area contributed by atoms with E-state index >= 15 is 0 Å². The minimum absolute atomic E-state index is 0.267. The van der Waals surface area contributed by atoms with E-state index in [-0.39, 0.29) is 6.23 Å². The van der Waals surface area contributed by atoms with Crippen LogP contribution in [-0.2, 0) is 4.84 Å². The Morgan fingerprint density at radius 2 is 2.00 bits per heavy atom. The second kappa shape index (κ2) is 6.99. The van der Waals surface area contributed by atoms with Crippen molar-refractivity contribution >= 4 is 0 Å². The zero-order chi connectivity index (χ0) is 7.82. The second-order valence-corrected chi connectivity index (χ2v) is 2.52. The van der Waals surface area contributed by atoms with E-state index in [9.17, 15) is 0 Å². The lowest BCUT2D eigenvalue weighted by Crippen LogP contribution is -2.26. The fourth-order valence-electron chi connectivity index (χ4n) is 0.840. The second-order valence-electron chi connectivity index (χ2n) is 2.52. The van der Waals surface area contributed by atoms with Gasteiger partial charge in [0.25, 0.3) is 0 Å². The monoisotopic (exact) mass is 146 g/mol. The highest BCUT2D eigenvalue weighted by Gasteiger charge is 1.97. The van der Waals surface area contributed by atoms with Crippen LogP contribution < -0.4 is 11.6 Å². The standard InChI is InChI=1S/C7H18N2O/c1-2-3-4-5-6-7(8)10-9/h7H,2-6,8-9H2,1H3. The molecule has 0 aliphatic rings. The molecule has 1 atom stereocenters. The first kappa shape index (κ1) is 9.88. The molecule has 0 fully saturated rings. The van der Waals surface area contributed by atoms with Gasteiger partial charge in [-0.2, -0.15) is 0 Å². The van der Waals surface area contributed by atoms with Crippen molar-refractivity contribution in [2.24, 2.45) is 11.6 Å². The predicted octanol–water partition coefficient (Wildman–Crippen LogP) is 1.13. The molecule has 0 radical (unpaired) electrons. The third-order valence-corrected chi connectivity index (χ3v) is 1.52. The SMILES string of the molecule is CCCCCCC(N)ON. The van der Waals surface area contributed by atoms with E-state index in [1.165, 1.54) is 19.3 Å². The largest absolute Gasteiger partial charge is 0.304 e. The summed E-state index contributed by atoms with van der Waals surface area (Å²) >= 11 is 0. The lowest BCUT2D eigenvalue weighted by molar-refractivity contribution is 0.0502. The molecular formula is C7H18N2O. The Bertz CT molecular complexity index is 68.6. The van der Waals surface area contributed by atoms with Gasteiger partial charge in [0.05, 0.1) is 0 Å². The van der Waals surface area contributed by atoms with Gasteiger partial charge in [-0.3, -0.25) is 4.84 Å². The predicted molar refractivity (Wildman–Crippen MR) is 42.0 cm³/mol. The van der Waals surface area contributed by atoms with Crippen molar-refractivity contribution in [1.29, 1.82) is 0 Å². The smallest absolute Gasteiger partial charge is 0.126 e. The van der Waals surface area contributed by atoms with Gasteiger partial charge in [0, 0.05) is 0 Å². The zero-order valence-corrected chi connectivity index (χ0v) is 6.68. The third kappa shape index (κ3) is 6.01. The Hall–Kier alpha value is -0.120. The first-order valence-corrected chi connectivity index (χ1v) is 3.92. The molecule has 0 aliphatic carbocycles. The molecule has 0 saturated heterocycles. The quantitative estimate of drug-likeness (QED) is 0.335. The summed E-state index contributed by atoms with van der Waals surface area (Å²) in [6.07, 6.45) is 5.48. The van der Waals surface area contributed by atoms with Crippen LogP contribution >= 0.6 is 0 Å². The van der Waals surface area contributed by atoms with Crippen LogP contribution in [0.2, 0.25) is 0 Å². The van der Waals surface area contributed by atoms with Gasteiger partial charge in [-0.05, 0) is 12.8 Å². The molecule has 0 bridgehead atoms. The number of hydrogen-bond acceptors (Lipinski definition) is 3. The van der Waals surface area contributed by atoms with E-state index in [1.807, 2.05) is 0 Å². The van der Waals surface area contributed by atoms with Crippen molar-refractivity contribution in [3.05, 3.63) is 0 Å². The molecule has 1 unspecified atom stereocenters. The summed E-state index contributed by atoms with van der Waals surface area (Å²) in [6, 6.07) is 0. The molecule has 0 spiro atoms. The fourth-order valence-corrected chi connectivity index (χ4v) is 0.840. The first-order valence-electron chi connectivity index (χ1n) is 3.92. The van der Waals surface area contributed by atoms with Gasteiger partial charge >= 0.3 is 0 Å². The van der Waals surface area contributed by atoms with Gasteiger partial charge in [0.15, 0.2) is 0 Å². The number of nitrogens with two attached hydrogens (primary N) is 2. The lowest BCUT2D eigenvalue weighted by Gasteiger charge is -2.06. The van der Waals surface area contributed by atoms with E-state index in [0.717, 1.165) is 12.8 Å². The van der Waals surface area contributed by atoms with Crippen LogP contribution in [0.1, 0.15) is 39.0 Å². The maximum Gasteiger partial charge on any atom is 0.126 e. The summed E-state index contributed by atoms with van der Waals surface area (Å²) in [4.78, 5) is 4.41. The normalized spacial score (nSPS) is 13.5. The Kier molecular flexibility index (Phi) is 6.91. The zero-order valence-electron chi connectivity index (χ0n) is 6.68. The van der Waals surface area contributed by atoms with Gasteiger partial charge in [0.2, 0.25) is 0 Å². The maximum absolute atomic E-state index is 5.41. The Morgan fingerprint density at radius 3 is 2.50 bits per heavy atom. The van der Waals surface area contributed by atoms with E-state index in [0.29, 0.717) is 0 Å². The van der Waals surface area contributed by atoms with Crippen molar-refractivity contribution in [2.75, 3.05) is 0 Å². The summed E-state index contributed by atoms with van der Waals surface area (Å²) in [5.41, 5.74) is 5.41. The molecule has 0 aromatic heterocycles. The fraction of sp³-hybridized carbons (Fsp3) is 1.00. The van der Waals surface area contributed by atoms with E-state index in [4.69, 9.17) is 11.6 Å². The lowest BCUT2D eigenvalue weighted by atomic mass is 10.1. The van der Waals surface area contributed by atoms with Crippen LogP contribution in [0.25, 0.3) is 0 Å². The van der Waals surface area contributed by atoms with Gasteiger partial charge in [-0.1, -0.05) is 26.2 Å². The van der Waals surface area contributed by atoms with Gasteiger partial charge in [-0.15, -0.1) is 0 Å². The Balaban J connectivity index is 2.89. The van der Waals surface area contributed by atoms with Gasteiger partial charge < -0.3 is 5.73 Å². The topological polar surface area (TPSA) is 61.3 Å². The average Bonchev–Trinajstić information content (AvgIpc) is 1.98. The summed E-state index contributed by atoms with van der Waals surface area (Å²) in [5.74, 6) is 4.86. The highest BCUT2D eigenvalue weighted by Crippen LogP contribution is 2.03. The number of rotatable bonds is 6. The molecule has 3 nitrogen and oxygen atoms in total. The van der Waals surface area contributed by atoms with Crippen molar-refractivity contribution in [3.63, 3.8) is 0 Å². The van der Waals surface area contributed by atoms with Crippen LogP contribution in [0.4, 0.5) is 0 Å². The average molecular weight is 146 g/mol. The third-order valence-electron chi connectivity index (χ3n) is 1.52. The Morgan fingerprint density at radius 1 is 1.30 bits per heavy atom. The van der Waals surface area contributed by atoms with Crippen LogP contribution in [0.5, 0.6) is 0 Å². The van der Waals surface area contributed by atoms with Gasteiger partial charge in [-0.25, -0.2) is 5.90 Å². The highest BCUT2D eigenvalue weighted by atomic mass is 16.6. The van der Waals surface area contributed by atoms with E-state index < -0.39 is 0 Å².